The van der Waals surface area contributed by atoms with Crippen LogP contribution in [0, 0.1) is 6.92 Å². The van der Waals surface area contributed by atoms with Crippen molar-refractivity contribution in [1.82, 2.24) is 0 Å². The zero-order valence-electron chi connectivity index (χ0n) is 11.6. The number of carbonyl (C=O) groups excluding carboxylic acids is 1. The number of benzene rings is 1. The smallest absolute Gasteiger partial charge is 0.339 e. The Hall–Kier alpha value is -1.49. The van der Waals surface area contributed by atoms with Gasteiger partial charge in [-0.2, -0.15) is 0 Å². The van der Waals surface area contributed by atoms with E-state index in [0.717, 1.165) is 16.7 Å². The lowest BCUT2D eigenvalue weighted by molar-refractivity contribution is -0.164. The molecular formula is C15H18F2O3. The van der Waals surface area contributed by atoms with Gasteiger partial charge in [-0.1, -0.05) is 18.2 Å². The van der Waals surface area contributed by atoms with Gasteiger partial charge in [-0.15, -0.1) is 0 Å². The number of fused-ring (bicyclic) bond motifs is 1. The third-order valence-electron chi connectivity index (χ3n) is 3.43. The van der Waals surface area contributed by atoms with Crippen LogP contribution in [-0.4, -0.2) is 25.1 Å². The number of halogens is 2. The molecule has 0 fully saturated rings. The quantitative estimate of drug-likeness (QED) is 0.796. The van der Waals surface area contributed by atoms with Gasteiger partial charge in [0.2, 0.25) is 6.43 Å². The fourth-order valence-corrected chi connectivity index (χ4v) is 2.53. The van der Waals surface area contributed by atoms with E-state index in [2.05, 4.69) is 0 Å². The molecule has 110 valence electrons. The highest BCUT2D eigenvalue weighted by atomic mass is 19.3. The van der Waals surface area contributed by atoms with E-state index in [1.54, 1.807) is 13.0 Å². The molecule has 1 aliphatic heterocycles. The summed E-state index contributed by atoms with van der Waals surface area (Å²) in [4.78, 5) is 12.0. The van der Waals surface area contributed by atoms with Gasteiger partial charge in [0.15, 0.2) is 6.10 Å². The monoisotopic (exact) mass is 284 g/mol. The van der Waals surface area contributed by atoms with Gasteiger partial charge in [0.05, 0.1) is 12.7 Å². The molecule has 0 radical (unpaired) electrons. The number of ether oxygens (including phenoxy) is 2. The van der Waals surface area contributed by atoms with Crippen LogP contribution in [0.2, 0.25) is 0 Å². The van der Waals surface area contributed by atoms with Gasteiger partial charge in [-0.25, -0.2) is 13.6 Å². The van der Waals surface area contributed by atoms with Gasteiger partial charge in [0.25, 0.3) is 0 Å². The van der Waals surface area contributed by atoms with Gasteiger partial charge < -0.3 is 9.47 Å². The van der Waals surface area contributed by atoms with Crippen molar-refractivity contribution in [2.24, 2.45) is 0 Å². The number of aryl methyl sites for hydroxylation is 1. The molecule has 0 spiro atoms. The predicted molar refractivity (Wildman–Crippen MR) is 69.8 cm³/mol. The predicted octanol–water partition coefficient (Wildman–Crippen LogP) is 3.20. The number of rotatable bonds is 4. The summed E-state index contributed by atoms with van der Waals surface area (Å²) in [6, 6.07) is 5.53. The van der Waals surface area contributed by atoms with Gasteiger partial charge >= 0.3 is 5.97 Å². The van der Waals surface area contributed by atoms with E-state index < -0.39 is 24.6 Å². The molecule has 0 saturated heterocycles. The van der Waals surface area contributed by atoms with E-state index in [9.17, 15) is 13.6 Å². The molecule has 1 aromatic rings. The van der Waals surface area contributed by atoms with E-state index >= 15 is 0 Å². The second-order valence-corrected chi connectivity index (χ2v) is 4.86. The van der Waals surface area contributed by atoms with Crippen molar-refractivity contribution < 1.29 is 23.0 Å². The molecule has 0 saturated carbocycles. The number of esters is 1. The first-order valence-corrected chi connectivity index (χ1v) is 6.71. The average molecular weight is 284 g/mol. The van der Waals surface area contributed by atoms with Crippen LogP contribution in [0.4, 0.5) is 8.78 Å². The molecule has 1 aromatic carbocycles. The Labute approximate surface area is 116 Å². The van der Waals surface area contributed by atoms with E-state index in [4.69, 9.17) is 9.47 Å². The molecule has 0 aliphatic carbocycles. The van der Waals surface area contributed by atoms with Crippen LogP contribution in [-0.2, 0) is 20.7 Å². The largest absolute Gasteiger partial charge is 0.464 e. The molecule has 2 rings (SSSR count). The number of alkyl halides is 2. The normalized spacial score (nSPS) is 21.6. The topological polar surface area (TPSA) is 35.5 Å². The van der Waals surface area contributed by atoms with Gasteiger partial charge in [-0.05, 0) is 37.0 Å². The van der Waals surface area contributed by atoms with Crippen molar-refractivity contribution in [2.45, 2.75) is 45.3 Å². The summed E-state index contributed by atoms with van der Waals surface area (Å²) in [6.45, 7) is 3.85. The Kier molecular flexibility index (Phi) is 4.70. The summed E-state index contributed by atoms with van der Waals surface area (Å²) in [5, 5.41) is 0. The molecule has 0 aromatic heterocycles. The van der Waals surface area contributed by atoms with Gasteiger partial charge in [-0.3, -0.25) is 0 Å². The molecule has 0 amide bonds. The van der Waals surface area contributed by atoms with Crippen molar-refractivity contribution in [2.75, 3.05) is 6.61 Å². The number of hydrogen-bond donors (Lipinski definition) is 0. The maximum Gasteiger partial charge on any atom is 0.339 e. The van der Waals surface area contributed by atoms with Crippen molar-refractivity contribution >= 4 is 5.97 Å². The van der Waals surface area contributed by atoms with Crippen LogP contribution >= 0.6 is 0 Å². The van der Waals surface area contributed by atoms with Gasteiger partial charge in [0, 0.05) is 6.42 Å². The van der Waals surface area contributed by atoms with E-state index in [1.807, 2.05) is 19.1 Å². The molecule has 2 atom stereocenters. The van der Waals surface area contributed by atoms with E-state index in [1.165, 1.54) is 0 Å². The standard InChI is InChI=1S/C15H18F2O3/c1-3-19-15(18)14-11-6-4-5-9(2)12(11)7-10(20-14)8-13(16)17/h4-6,10,13-14H,3,7-8H2,1-2H3. The fourth-order valence-electron chi connectivity index (χ4n) is 2.53. The molecule has 3 nitrogen and oxygen atoms in total. The third-order valence-corrected chi connectivity index (χ3v) is 3.43. The lowest BCUT2D eigenvalue weighted by Crippen LogP contribution is -2.33. The lowest BCUT2D eigenvalue weighted by Gasteiger charge is -2.31. The first kappa shape index (κ1) is 14.9. The van der Waals surface area contributed by atoms with Crippen LogP contribution in [0.25, 0.3) is 0 Å². The Bertz CT molecular complexity index is 488. The number of carbonyl (C=O) groups is 1. The summed E-state index contributed by atoms with van der Waals surface area (Å²) in [5.41, 5.74) is 2.63. The zero-order chi connectivity index (χ0) is 14.7. The molecular weight excluding hydrogens is 266 g/mol. The molecule has 5 heteroatoms. The molecule has 1 heterocycles. The summed E-state index contributed by atoms with van der Waals surface area (Å²) in [5.74, 6) is -0.515. The van der Waals surface area contributed by atoms with Crippen LogP contribution in [0.15, 0.2) is 18.2 Å². The second kappa shape index (κ2) is 6.31. The molecule has 20 heavy (non-hydrogen) atoms. The van der Waals surface area contributed by atoms with Crippen LogP contribution in [0.1, 0.15) is 36.1 Å². The van der Waals surface area contributed by atoms with Crippen LogP contribution in [0.5, 0.6) is 0 Å². The first-order valence-electron chi connectivity index (χ1n) is 6.71. The molecule has 1 aliphatic rings. The van der Waals surface area contributed by atoms with E-state index in [-0.39, 0.29) is 13.0 Å². The van der Waals surface area contributed by atoms with Crippen LogP contribution in [0.3, 0.4) is 0 Å². The summed E-state index contributed by atoms with van der Waals surface area (Å²) >= 11 is 0. The summed E-state index contributed by atoms with van der Waals surface area (Å²) in [7, 11) is 0. The minimum absolute atomic E-state index is 0.235. The minimum Gasteiger partial charge on any atom is -0.464 e. The molecule has 0 bridgehead atoms. The third kappa shape index (κ3) is 3.15. The average Bonchev–Trinajstić information content (AvgIpc) is 2.38. The van der Waals surface area contributed by atoms with Crippen molar-refractivity contribution in [3.05, 3.63) is 34.9 Å². The van der Waals surface area contributed by atoms with E-state index in [0.29, 0.717) is 6.42 Å². The number of hydrogen-bond acceptors (Lipinski definition) is 3. The highest BCUT2D eigenvalue weighted by Crippen LogP contribution is 2.34. The van der Waals surface area contributed by atoms with Crippen LogP contribution < -0.4 is 0 Å². The minimum atomic E-state index is -2.45. The lowest BCUT2D eigenvalue weighted by atomic mass is 9.90. The Morgan fingerprint density at radius 2 is 2.25 bits per heavy atom. The highest BCUT2D eigenvalue weighted by Gasteiger charge is 2.35. The summed E-state index contributed by atoms with van der Waals surface area (Å²) in [6.07, 6.45) is -3.97. The second-order valence-electron chi connectivity index (χ2n) is 4.86. The maximum absolute atomic E-state index is 12.6. The van der Waals surface area contributed by atoms with Crippen molar-refractivity contribution in [3.63, 3.8) is 0 Å². The first-order chi connectivity index (χ1) is 9.52. The Morgan fingerprint density at radius 3 is 2.90 bits per heavy atom. The fraction of sp³-hybridized carbons (Fsp3) is 0.533. The highest BCUT2D eigenvalue weighted by molar-refractivity contribution is 5.77. The van der Waals surface area contributed by atoms with Crippen molar-refractivity contribution in [3.8, 4) is 0 Å². The summed E-state index contributed by atoms with van der Waals surface area (Å²) < 4.78 is 35.7. The zero-order valence-corrected chi connectivity index (χ0v) is 11.6. The SMILES string of the molecule is CCOC(=O)C1OC(CC(F)F)Cc2c(C)cccc21. The maximum atomic E-state index is 12.6. The molecule has 2 unspecified atom stereocenters. The van der Waals surface area contributed by atoms with Crippen molar-refractivity contribution in [1.29, 1.82) is 0 Å². The molecule has 0 N–H and O–H groups in total. The Morgan fingerprint density at radius 1 is 1.50 bits per heavy atom. The Balaban J connectivity index is 2.31. The van der Waals surface area contributed by atoms with Gasteiger partial charge in [0.1, 0.15) is 0 Å².